The lowest BCUT2D eigenvalue weighted by atomic mass is 9.74. The standard InChI is InChI=1S/C36H47FN4O6/c1-24(2)29-22-47-30-12-5-4-11-27(30)32(43)39-28(13-14-31(42)41-36(34(45)40-29)15-6-3-7-16-36)33(44)38-23-35(17-19-46-20-18-35)25-9-8-10-26(37)21-25/h4-5,8-12,21,24,28-29H,3,6-7,13-20,22-23H2,1-2H3,(H,38,44)(H,39,43)(H,40,45)(H,41,42)/t28-,29-/m0/s1. The van der Waals surface area contributed by atoms with E-state index in [0.717, 1.165) is 24.8 Å². The lowest BCUT2D eigenvalue weighted by Crippen LogP contribution is -2.62. The van der Waals surface area contributed by atoms with Gasteiger partial charge >= 0.3 is 0 Å². The fourth-order valence-corrected chi connectivity index (χ4v) is 6.87. The molecule has 5 rings (SSSR count). The van der Waals surface area contributed by atoms with Gasteiger partial charge in [-0.3, -0.25) is 19.2 Å². The van der Waals surface area contributed by atoms with Gasteiger partial charge in [-0.2, -0.15) is 0 Å². The van der Waals surface area contributed by atoms with Gasteiger partial charge in [-0.25, -0.2) is 4.39 Å². The van der Waals surface area contributed by atoms with Crippen LogP contribution >= 0.6 is 0 Å². The SMILES string of the molecule is CC(C)[C@@H]1COc2ccccc2C(=O)N[C@H](C(=O)NCC2(c3cccc(F)c3)CCOCC2)CCC(=O)NC2(CCCCC2)C(=O)N1. The topological polar surface area (TPSA) is 135 Å². The third-order valence-corrected chi connectivity index (χ3v) is 9.96. The highest BCUT2D eigenvalue weighted by Crippen LogP contribution is 2.35. The predicted octanol–water partition coefficient (Wildman–Crippen LogP) is 3.92. The van der Waals surface area contributed by atoms with Gasteiger partial charge in [0.1, 0.15) is 29.8 Å². The van der Waals surface area contributed by atoms with E-state index in [1.54, 1.807) is 30.3 Å². The van der Waals surface area contributed by atoms with Gasteiger partial charge in [-0.15, -0.1) is 0 Å². The van der Waals surface area contributed by atoms with Crippen LogP contribution in [0.1, 0.15) is 87.6 Å². The summed E-state index contributed by atoms with van der Waals surface area (Å²) < 4.78 is 26.0. The molecule has 2 aliphatic heterocycles. The molecular weight excluding hydrogens is 603 g/mol. The molecule has 1 saturated carbocycles. The fourth-order valence-electron chi connectivity index (χ4n) is 6.87. The van der Waals surface area contributed by atoms with Gasteiger partial charge < -0.3 is 30.7 Å². The minimum atomic E-state index is -1.06. The van der Waals surface area contributed by atoms with Crippen LogP contribution in [0.2, 0.25) is 0 Å². The zero-order chi connectivity index (χ0) is 33.4. The van der Waals surface area contributed by atoms with Crippen molar-refractivity contribution in [3.63, 3.8) is 0 Å². The van der Waals surface area contributed by atoms with Crippen molar-refractivity contribution in [3.05, 3.63) is 65.5 Å². The molecule has 1 saturated heterocycles. The molecule has 0 unspecified atom stereocenters. The molecular formula is C36H47FN4O6. The molecule has 0 bridgehead atoms. The third-order valence-electron chi connectivity index (χ3n) is 9.96. The smallest absolute Gasteiger partial charge is 0.255 e. The summed E-state index contributed by atoms with van der Waals surface area (Å²) in [6.45, 7) is 5.22. The number of para-hydroxylation sites is 1. The lowest BCUT2D eigenvalue weighted by molar-refractivity contribution is -0.136. The second-order valence-electron chi connectivity index (χ2n) is 13.5. The third kappa shape index (κ3) is 8.30. The van der Waals surface area contributed by atoms with Crippen molar-refractivity contribution in [1.29, 1.82) is 0 Å². The highest BCUT2D eigenvalue weighted by molar-refractivity contribution is 6.00. The van der Waals surface area contributed by atoms with Gasteiger partial charge in [-0.05, 0) is 67.9 Å². The second-order valence-corrected chi connectivity index (χ2v) is 13.5. The number of ether oxygens (including phenoxy) is 2. The van der Waals surface area contributed by atoms with Crippen LogP contribution in [-0.4, -0.2) is 67.6 Å². The van der Waals surface area contributed by atoms with E-state index in [-0.39, 0.29) is 61.1 Å². The number of carbonyl (C=O) groups excluding carboxylic acids is 4. The van der Waals surface area contributed by atoms with E-state index in [9.17, 15) is 23.6 Å². The normalized spacial score (nSPS) is 23.6. The molecule has 0 aromatic heterocycles. The van der Waals surface area contributed by atoms with E-state index >= 15 is 0 Å². The molecule has 2 aromatic carbocycles. The van der Waals surface area contributed by atoms with Gasteiger partial charge in [-0.1, -0.05) is 57.4 Å². The second kappa shape index (κ2) is 15.3. The zero-order valence-electron chi connectivity index (χ0n) is 27.4. The van der Waals surface area contributed by atoms with Gasteiger partial charge in [0.05, 0.1) is 11.6 Å². The van der Waals surface area contributed by atoms with Crippen molar-refractivity contribution in [1.82, 2.24) is 21.3 Å². The molecule has 4 N–H and O–H groups in total. The molecule has 2 aromatic rings. The molecule has 11 heteroatoms. The number of fused-ring (bicyclic) bond motifs is 1. The van der Waals surface area contributed by atoms with Crippen molar-refractivity contribution in [2.75, 3.05) is 26.4 Å². The monoisotopic (exact) mass is 650 g/mol. The van der Waals surface area contributed by atoms with Crippen molar-refractivity contribution in [2.45, 2.75) is 94.7 Å². The summed E-state index contributed by atoms with van der Waals surface area (Å²) in [4.78, 5) is 54.8. The van der Waals surface area contributed by atoms with Gasteiger partial charge in [0.2, 0.25) is 17.7 Å². The fraction of sp³-hybridized carbons (Fsp3) is 0.556. The van der Waals surface area contributed by atoms with Gasteiger partial charge in [0.15, 0.2) is 0 Å². The molecule has 4 amide bonds. The van der Waals surface area contributed by atoms with Crippen LogP contribution in [0.4, 0.5) is 4.39 Å². The Hall–Kier alpha value is -3.99. The van der Waals surface area contributed by atoms with Crippen LogP contribution in [0.3, 0.4) is 0 Å². The molecule has 2 fully saturated rings. The summed E-state index contributed by atoms with van der Waals surface area (Å²) in [6.07, 6.45) is 4.74. The minimum Gasteiger partial charge on any atom is -0.491 e. The lowest BCUT2D eigenvalue weighted by Gasteiger charge is -2.38. The average molecular weight is 651 g/mol. The summed E-state index contributed by atoms with van der Waals surface area (Å²) in [5.41, 5.74) is -0.593. The first kappa shape index (κ1) is 34.3. The Balaban J connectivity index is 1.41. The Kier molecular flexibility index (Phi) is 11.2. The first-order chi connectivity index (χ1) is 22.6. The maximum atomic E-state index is 14.3. The van der Waals surface area contributed by atoms with Crippen LogP contribution in [0, 0.1) is 11.7 Å². The summed E-state index contributed by atoms with van der Waals surface area (Å²) in [6, 6.07) is 11.7. The van der Waals surface area contributed by atoms with Crippen molar-refractivity contribution in [2.24, 2.45) is 5.92 Å². The summed E-state index contributed by atoms with van der Waals surface area (Å²) in [5, 5.41) is 12.0. The Morgan fingerprint density at radius 1 is 0.979 bits per heavy atom. The zero-order valence-corrected chi connectivity index (χ0v) is 27.4. The van der Waals surface area contributed by atoms with E-state index in [2.05, 4.69) is 21.3 Å². The van der Waals surface area contributed by atoms with Crippen LogP contribution in [-0.2, 0) is 24.5 Å². The molecule has 10 nitrogen and oxygen atoms in total. The number of halogens is 1. The van der Waals surface area contributed by atoms with Crippen LogP contribution < -0.4 is 26.0 Å². The largest absolute Gasteiger partial charge is 0.491 e. The van der Waals surface area contributed by atoms with E-state index in [4.69, 9.17) is 9.47 Å². The molecule has 2 atom stereocenters. The maximum Gasteiger partial charge on any atom is 0.255 e. The maximum absolute atomic E-state index is 14.3. The van der Waals surface area contributed by atoms with E-state index < -0.39 is 28.8 Å². The number of hydrogen-bond donors (Lipinski definition) is 4. The Morgan fingerprint density at radius 3 is 2.45 bits per heavy atom. The van der Waals surface area contributed by atoms with Crippen LogP contribution in [0.5, 0.6) is 5.75 Å². The van der Waals surface area contributed by atoms with Crippen LogP contribution in [0.25, 0.3) is 0 Å². The van der Waals surface area contributed by atoms with Gasteiger partial charge in [0, 0.05) is 31.6 Å². The number of nitrogens with one attached hydrogen (secondary N) is 4. The average Bonchev–Trinajstić information content (AvgIpc) is 3.07. The number of benzene rings is 2. The summed E-state index contributed by atoms with van der Waals surface area (Å²) >= 11 is 0. The minimum absolute atomic E-state index is 0.00876. The summed E-state index contributed by atoms with van der Waals surface area (Å²) in [5.74, 6) is -1.58. The molecule has 1 spiro atoms. The molecule has 254 valence electrons. The number of hydrogen-bond acceptors (Lipinski definition) is 6. The van der Waals surface area contributed by atoms with E-state index in [0.29, 0.717) is 44.6 Å². The Bertz CT molecular complexity index is 1440. The quantitative estimate of drug-likeness (QED) is 0.388. The van der Waals surface area contributed by atoms with Crippen molar-refractivity contribution in [3.8, 4) is 5.75 Å². The molecule has 3 aliphatic rings. The van der Waals surface area contributed by atoms with Crippen LogP contribution in [0.15, 0.2) is 48.5 Å². The molecule has 47 heavy (non-hydrogen) atoms. The highest BCUT2D eigenvalue weighted by atomic mass is 19.1. The number of carbonyl (C=O) groups is 4. The van der Waals surface area contributed by atoms with Gasteiger partial charge in [0.25, 0.3) is 5.91 Å². The predicted molar refractivity (Wildman–Crippen MR) is 174 cm³/mol. The highest BCUT2D eigenvalue weighted by Gasteiger charge is 2.42. The Labute approximate surface area is 275 Å². The molecule has 0 radical (unpaired) electrons. The summed E-state index contributed by atoms with van der Waals surface area (Å²) in [7, 11) is 0. The Morgan fingerprint density at radius 2 is 1.72 bits per heavy atom. The number of rotatable bonds is 5. The molecule has 2 heterocycles. The number of amides is 4. The van der Waals surface area contributed by atoms with Crippen molar-refractivity contribution >= 4 is 23.6 Å². The first-order valence-corrected chi connectivity index (χ1v) is 16.9. The van der Waals surface area contributed by atoms with E-state index in [1.165, 1.54) is 12.1 Å². The van der Waals surface area contributed by atoms with E-state index in [1.807, 2.05) is 19.9 Å². The van der Waals surface area contributed by atoms with Crippen molar-refractivity contribution < 1.29 is 33.0 Å². The first-order valence-electron chi connectivity index (χ1n) is 16.9. The molecule has 1 aliphatic carbocycles.